The van der Waals surface area contributed by atoms with Crippen molar-refractivity contribution in [1.29, 1.82) is 0 Å². The summed E-state index contributed by atoms with van der Waals surface area (Å²) >= 11 is 0. The number of para-hydroxylation sites is 1. The summed E-state index contributed by atoms with van der Waals surface area (Å²) in [6, 6.07) is 9.47. The molecule has 3 unspecified atom stereocenters. The van der Waals surface area contributed by atoms with Gasteiger partial charge in [0.05, 0.1) is 5.92 Å². The molecule has 0 aliphatic heterocycles. The average molecular weight is 234 g/mol. The van der Waals surface area contributed by atoms with E-state index in [4.69, 9.17) is 4.74 Å². The maximum atomic E-state index is 11.2. The van der Waals surface area contributed by atoms with Gasteiger partial charge in [0.1, 0.15) is 11.9 Å². The zero-order valence-corrected chi connectivity index (χ0v) is 10.0. The Labute approximate surface area is 101 Å². The first-order valence-corrected chi connectivity index (χ1v) is 6.11. The van der Waals surface area contributed by atoms with Crippen LogP contribution in [0.2, 0.25) is 0 Å². The summed E-state index contributed by atoms with van der Waals surface area (Å²) in [5.41, 5.74) is 0. The van der Waals surface area contributed by atoms with Gasteiger partial charge >= 0.3 is 5.97 Å². The van der Waals surface area contributed by atoms with Crippen LogP contribution in [-0.4, -0.2) is 17.2 Å². The van der Waals surface area contributed by atoms with Crippen LogP contribution in [0.1, 0.15) is 26.2 Å². The third-order valence-electron chi connectivity index (χ3n) is 3.40. The maximum Gasteiger partial charge on any atom is 0.310 e. The van der Waals surface area contributed by atoms with Crippen LogP contribution < -0.4 is 4.74 Å². The summed E-state index contributed by atoms with van der Waals surface area (Å²) in [7, 11) is 0. The van der Waals surface area contributed by atoms with Crippen molar-refractivity contribution >= 4 is 5.97 Å². The van der Waals surface area contributed by atoms with E-state index in [1.807, 2.05) is 30.3 Å². The van der Waals surface area contributed by atoms with Gasteiger partial charge in [-0.25, -0.2) is 0 Å². The molecule has 1 fully saturated rings. The van der Waals surface area contributed by atoms with Gasteiger partial charge in [-0.3, -0.25) is 4.79 Å². The standard InChI is InChI=1S/C14H18O3/c1-10-7-8-12(14(15)16)13(9-10)17-11-5-3-2-4-6-11/h2-6,10,12-13H,7-9H2,1H3,(H,15,16). The SMILES string of the molecule is CC1CCC(C(=O)O)C(Oc2ccccc2)C1. The first-order valence-electron chi connectivity index (χ1n) is 6.11. The minimum absolute atomic E-state index is 0.196. The molecule has 3 atom stereocenters. The zero-order valence-electron chi connectivity index (χ0n) is 10.0. The molecule has 92 valence electrons. The van der Waals surface area contributed by atoms with Crippen molar-refractivity contribution in [1.82, 2.24) is 0 Å². The van der Waals surface area contributed by atoms with Gasteiger partial charge in [0.2, 0.25) is 0 Å². The molecule has 1 N–H and O–H groups in total. The van der Waals surface area contributed by atoms with Crippen molar-refractivity contribution in [3.05, 3.63) is 30.3 Å². The van der Waals surface area contributed by atoms with Gasteiger partial charge < -0.3 is 9.84 Å². The van der Waals surface area contributed by atoms with Gasteiger partial charge in [-0.1, -0.05) is 25.1 Å². The van der Waals surface area contributed by atoms with Crippen LogP contribution in [0, 0.1) is 11.8 Å². The van der Waals surface area contributed by atoms with E-state index in [2.05, 4.69) is 6.92 Å². The van der Waals surface area contributed by atoms with Crippen LogP contribution in [0.25, 0.3) is 0 Å². The van der Waals surface area contributed by atoms with Gasteiger partial charge in [0.25, 0.3) is 0 Å². The molecular formula is C14H18O3. The lowest BCUT2D eigenvalue weighted by Gasteiger charge is -2.32. The lowest BCUT2D eigenvalue weighted by molar-refractivity contribution is -0.147. The minimum atomic E-state index is -0.738. The largest absolute Gasteiger partial charge is 0.490 e. The molecular weight excluding hydrogens is 216 g/mol. The number of carboxylic acids is 1. The summed E-state index contributed by atoms with van der Waals surface area (Å²) in [6.45, 7) is 2.15. The number of carboxylic acid groups (broad SMARTS) is 1. The Morgan fingerprint density at radius 3 is 2.65 bits per heavy atom. The molecule has 0 bridgehead atoms. The molecule has 0 amide bonds. The van der Waals surface area contributed by atoms with Crippen molar-refractivity contribution < 1.29 is 14.6 Å². The molecule has 1 aliphatic rings. The highest BCUT2D eigenvalue weighted by atomic mass is 16.5. The first kappa shape index (κ1) is 12.0. The van der Waals surface area contributed by atoms with Crippen LogP contribution in [0.3, 0.4) is 0 Å². The van der Waals surface area contributed by atoms with Crippen LogP contribution in [0.4, 0.5) is 0 Å². The summed E-state index contributed by atoms with van der Waals surface area (Å²) in [6.07, 6.45) is 2.32. The Bertz CT molecular complexity index is 374. The summed E-state index contributed by atoms with van der Waals surface area (Å²) in [5, 5.41) is 9.19. The van der Waals surface area contributed by atoms with Crippen molar-refractivity contribution in [2.75, 3.05) is 0 Å². The molecule has 1 saturated carbocycles. The molecule has 1 aliphatic carbocycles. The molecule has 1 aromatic rings. The van der Waals surface area contributed by atoms with Crippen LogP contribution in [-0.2, 0) is 4.79 Å². The molecule has 0 radical (unpaired) electrons. The molecule has 3 heteroatoms. The predicted molar refractivity (Wildman–Crippen MR) is 65.0 cm³/mol. The molecule has 17 heavy (non-hydrogen) atoms. The topological polar surface area (TPSA) is 46.5 Å². The Balaban J connectivity index is 2.08. The highest BCUT2D eigenvalue weighted by Gasteiger charge is 2.35. The van der Waals surface area contributed by atoms with Crippen LogP contribution in [0.5, 0.6) is 5.75 Å². The highest BCUT2D eigenvalue weighted by molar-refractivity contribution is 5.71. The van der Waals surface area contributed by atoms with Crippen LogP contribution >= 0.6 is 0 Å². The zero-order chi connectivity index (χ0) is 12.3. The fraction of sp³-hybridized carbons (Fsp3) is 0.500. The maximum absolute atomic E-state index is 11.2. The highest BCUT2D eigenvalue weighted by Crippen LogP contribution is 2.32. The monoisotopic (exact) mass is 234 g/mol. The van der Waals surface area contributed by atoms with E-state index in [1.54, 1.807) is 0 Å². The van der Waals surface area contributed by atoms with Gasteiger partial charge in [-0.15, -0.1) is 0 Å². The van der Waals surface area contributed by atoms with Crippen molar-refractivity contribution in [2.24, 2.45) is 11.8 Å². The van der Waals surface area contributed by atoms with E-state index in [0.717, 1.165) is 18.6 Å². The van der Waals surface area contributed by atoms with Gasteiger partial charge in [0, 0.05) is 0 Å². The van der Waals surface area contributed by atoms with Gasteiger partial charge in [0.15, 0.2) is 0 Å². The Kier molecular flexibility index (Phi) is 3.67. The van der Waals surface area contributed by atoms with Crippen molar-refractivity contribution in [3.63, 3.8) is 0 Å². The lowest BCUT2D eigenvalue weighted by Crippen LogP contribution is -2.38. The number of rotatable bonds is 3. The second-order valence-corrected chi connectivity index (χ2v) is 4.83. The third-order valence-corrected chi connectivity index (χ3v) is 3.40. The van der Waals surface area contributed by atoms with E-state index in [-0.39, 0.29) is 12.0 Å². The van der Waals surface area contributed by atoms with E-state index < -0.39 is 5.97 Å². The predicted octanol–water partition coefficient (Wildman–Crippen LogP) is 2.95. The molecule has 2 rings (SSSR count). The van der Waals surface area contributed by atoms with Gasteiger partial charge in [-0.05, 0) is 37.3 Å². The lowest BCUT2D eigenvalue weighted by atomic mass is 9.80. The van der Waals surface area contributed by atoms with E-state index in [1.165, 1.54) is 0 Å². The average Bonchev–Trinajstić information content (AvgIpc) is 2.30. The van der Waals surface area contributed by atoms with E-state index in [9.17, 15) is 9.90 Å². The molecule has 3 nitrogen and oxygen atoms in total. The van der Waals surface area contributed by atoms with Gasteiger partial charge in [-0.2, -0.15) is 0 Å². The molecule has 1 aromatic carbocycles. The number of hydrogen-bond donors (Lipinski definition) is 1. The number of hydrogen-bond acceptors (Lipinski definition) is 2. The molecule has 0 aromatic heterocycles. The normalized spacial score (nSPS) is 28.6. The molecule has 0 heterocycles. The van der Waals surface area contributed by atoms with E-state index >= 15 is 0 Å². The third kappa shape index (κ3) is 2.99. The van der Waals surface area contributed by atoms with Crippen molar-refractivity contribution in [2.45, 2.75) is 32.3 Å². The number of ether oxygens (including phenoxy) is 1. The number of carbonyl (C=O) groups is 1. The fourth-order valence-electron chi connectivity index (χ4n) is 2.42. The number of benzene rings is 1. The second-order valence-electron chi connectivity index (χ2n) is 4.83. The van der Waals surface area contributed by atoms with Crippen LogP contribution in [0.15, 0.2) is 30.3 Å². The number of aliphatic carboxylic acids is 1. The quantitative estimate of drug-likeness (QED) is 0.874. The first-order chi connectivity index (χ1) is 8.16. The molecule has 0 saturated heterocycles. The van der Waals surface area contributed by atoms with E-state index in [0.29, 0.717) is 12.3 Å². The van der Waals surface area contributed by atoms with Crippen molar-refractivity contribution in [3.8, 4) is 5.75 Å². The fourth-order valence-corrected chi connectivity index (χ4v) is 2.42. The summed E-state index contributed by atoms with van der Waals surface area (Å²) < 4.78 is 5.82. The summed E-state index contributed by atoms with van der Waals surface area (Å²) in [4.78, 5) is 11.2. The minimum Gasteiger partial charge on any atom is -0.490 e. The molecule has 0 spiro atoms. The Hall–Kier alpha value is -1.51. The Morgan fingerprint density at radius 2 is 2.00 bits per heavy atom. The smallest absolute Gasteiger partial charge is 0.310 e. The second kappa shape index (κ2) is 5.21. The Morgan fingerprint density at radius 1 is 1.29 bits per heavy atom. The summed E-state index contributed by atoms with van der Waals surface area (Å²) in [5.74, 6) is 0.196.